The lowest BCUT2D eigenvalue weighted by Gasteiger charge is -2.27. The Morgan fingerprint density at radius 1 is 1.58 bits per heavy atom. The first-order chi connectivity index (χ1) is 11.1. The fraction of sp³-hybridized carbons (Fsp3) is 0.467. The second kappa shape index (κ2) is 7.80. The molecule has 1 aromatic rings. The molecule has 0 aliphatic rings. The number of hydrogen-bond acceptors (Lipinski definition) is 6. The summed E-state index contributed by atoms with van der Waals surface area (Å²) in [7, 11) is 1.02. The van der Waals surface area contributed by atoms with Crippen LogP contribution in [0.4, 0.5) is 20.3 Å². The molecule has 0 aromatic carbocycles. The van der Waals surface area contributed by atoms with Gasteiger partial charge in [0.2, 0.25) is 5.69 Å². The number of ether oxygens (including phenoxy) is 1. The maximum Gasteiger partial charge on any atom is 0.363 e. The third-order valence-corrected chi connectivity index (χ3v) is 3.27. The minimum absolute atomic E-state index is 0.287. The van der Waals surface area contributed by atoms with Crippen LogP contribution in [0.3, 0.4) is 0 Å². The summed E-state index contributed by atoms with van der Waals surface area (Å²) in [5.41, 5.74) is -2.75. The number of nitro groups is 1. The molecule has 0 amide bonds. The lowest BCUT2D eigenvalue weighted by Crippen LogP contribution is -2.32. The fourth-order valence-corrected chi connectivity index (χ4v) is 2.02. The number of carbonyl (C=O) groups is 1. The predicted octanol–water partition coefficient (Wildman–Crippen LogP) is 3.87. The van der Waals surface area contributed by atoms with Gasteiger partial charge in [-0.2, -0.15) is 0 Å². The summed E-state index contributed by atoms with van der Waals surface area (Å²) < 4.78 is 31.0. The van der Waals surface area contributed by atoms with Gasteiger partial charge in [-0.25, -0.2) is 18.6 Å². The second-order valence-corrected chi connectivity index (χ2v) is 5.68. The van der Waals surface area contributed by atoms with E-state index in [9.17, 15) is 23.7 Å². The van der Waals surface area contributed by atoms with Gasteiger partial charge in [-0.15, -0.1) is 6.58 Å². The first kappa shape index (κ1) is 19.5. The number of nitrogens with zero attached hydrogens (tertiary/aromatic N) is 2. The van der Waals surface area contributed by atoms with Gasteiger partial charge in [-0.3, -0.25) is 10.1 Å². The molecule has 0 bridgehead atoms. The van der Waals surface area contributed by atoms with Crippen LogP contribution in [0.15, 0.2) is 18.7 Å². The molecule has 7 nitrogen and oxygen atoms in total. The molecule has 0 aliphatic heterocycles. The SMILES string of the molecule is C=CCCC(C)(C)Nc1nc(C(=O)OC)c([N+](=O)[O-])cc1C(F)F. The quantitative estimate of drug-likeness (QED) is 0.333. The molecular formula is C15H19F2N3O4. The van der Waals surface area contributed by atoms with E-state index in [0.717, 1.165) is 7.11 Å². The molecule has 132 valence electrons. The van der Waals surface area contributed by atoms with Crippen LogP contribution in [-0.2, 0) is 4.74 Å². The number of esters is 1. The molecule has 0 saturated heterocycles. The zero-order chi connectivity index (χ0) is 18.5. The van der Waals surface area contributed by atoms with Crippen LogP contribution in [0.2, 0.25) is 0 Å². The molecule has 0 spiro atoms. The maximum absolute atomic E-state index is 13.3. The van der Waals surface area contributed by atoms with Gasteiger partial charge in [0.25, 0.3) is 6.43 Å². The standard InChI is InChI=1S/C15H19F2N3O4/c1-5-6-7-15(2,3)19-13-9(12(16)17)8-10(20(22)23)11(18-13)14(21)24-4/h5,8,12H,1,6-7H2,2-4H3,(H,18,19). The summed E-state index contributed by atoms with van der Waals surface area (Å²) in [6, 6.07) is 0.649. The Hall–Kier alpha value is -2.58. The number of aromatic nitrogens is 1. The van der Waals surface area contributed by atoms with Crippen molar-refractivity contribution in [1.29, 1.82) is 0 Å². The summed E-state index contributed by atoms with van der Waals surface area (Å²) in [4.78, 5) is 25.5. The molecule has 9 heteroatoms. The Morgan fingerprint density at radius 2 is 2.21 bits per heavy atom. The highest BCUT2D eigenvalue weighted by Gasteiger charge is 2.30. The lowest BCUT2D eigenvalue weighted by atomic mass is 9.98. The van der Waals surface area contributed by atoms with Crippen molar-refractivity contribution in [1.82, 2.24) is 4.98 Å². The lowest BCUT2D eigenvalue weighted by molar-refractivity contribution is -0.385. The summed E-state index contributed by atoms with van der Waals surface area (Å²) in [6.45, 7) is 7.11. The van der Waals surface area contributed by atoms with E-state index >= 15 is 0 Å². The third kappa shape index (κ3) is 4.71. The molecule has 0 radical (unpaired) electrons. The summed E-state index contributed by atoms with van der Waals surface area (Å²) >= 11 is 0. The number of nitrogens with one attached hydrogen (secondary N) is 1. The van der Waals surface area contributed by atoms with Crippen molar-refractivity contribution in [3.05, 3.63) is 40.1 Å². The van der Waals surface area contributed by atoms with Gasteiger partial charge in [-0.1, -0.05) is 6.08 Å². The van der Waals surface area contributed by atoms with E-state index < -0.39 is 39.8 Å². The topological polar surface area (TPSA) is 94.4 Å². The third-order valence-electron chi connectivity index (χ3n) is 3.27. The first-order valence-corrected chi connectivity index (χ1v) is 7.07. The Balaban J connectivity index is 3.43. The van der Waals surface area contributed by atoms with Gasteiger partial charge in [0, 0.05) is 11.6 Å². The minimum atomic E-state index is -3.00. The van der Waals surface area contributed by atoms with E-state index in [1.165, 1.54) is 0 Å². The van der Waals surface area contributed by atoms with Crippen molar-refractivity contribution in [2.24, 2.45) is 0 Å². The Bertz CT molecular complexity index is 648. The smallest absolute Gasteiger partial charge is 0.363 e. The van der Waals surface area contributed by atoms with E-state index in [1.54, 1.807) is 19.9 Å². The number of pyridine rings is 1. The van der Waals surface area contributed by atoms with Gasteiger partial charge in [0.05, 0.1) is 17.6 Å². The highest BCUT2D eigenvalue weighted by atomic mass is 19.3. The number of allylic oxidation sites excluding steroid dienone is 1. The Labute approximate surface area is 137 Å². The monoisotopic (exact) mass is 343 g/mol. The fourth-order valence-electron chi connectivity index (χ4n) is 2.02. The molecular weight excluding hydrogens is 324 g/mol. The van der Waals surface area contributed by atoms with Gasteiger partial charge in [0.15, 0.2) is 0 Å². The van der Waals surface area contributed by atoms with E-state index in [2.05, 4.69) is 21.6 Å². The molecule has 0 saturated carbocycles. The van der Waals surface area contributed by atoms with Crippen LogP contribution in [0, 0.1) is 10.1 Å². The van der Waals surface area contributed by atoms with E-state index in [1.807, 2.05) is 0 Å². The molecule has 0 aliphatic carbocycles. The van der Waals surface area contributed by atoms with Crippen LogP contribution in [0.25, 0.3) is 0 Å². The Morgan fingerprint density at radius 3 is 2.67 bits per heavy atom. The van der Waals surface area contributed by atoms with Crippen molar-refractivity contribution in [2.75, 3.05) is 12.4 Å². The summed E-state index contributed by atoms with van der Waals surface area (Å²) in [6.07, 6.45) is -0.132. The van der Waals surface area contributed by atoms with Crippen molar-refractivity contribution in [3.8, 4) is 0 Å². The largest absolute Gasteiger partial charge is 0.464 e. The number of alkyl halides is 2. The van der Waals surface area contributed by atoms with Gasteiger partial charge >= 0.3 is 11.7 Å². The summed E-state index contributed by atoms with van der Waals surface area (Å²) in [5, 5.41) is 13.9. The number of methoxy groups -OCH3 is 1. The van der Waals surface area contributed by atoms with Crippen LogP contribution >= 0.6 is 0 Å². The number of halogens is 2. The van der Waals surface area contributed by atoms with Crippen molar-refractivity contribution in [2.45, 2.75) is 38.7 Å². The molecule has 0 fully saturated rings. The van der Waals surface area contributed by atoms with Crippen LogP contribution in [0.1, 0.15) is 49.2 Å². The van der Waals surface area contributed by atoms with E-state index in [-0.39, 0.29) is 5.82 Å². The van der Waals surface area contributed by atoms with Crippen LogP contribution in [0.5, 0.6) is 0 Å². The molecule has 0 unspecified atom stereocenters. The van der Waals surface area contributed by atoms with E-state index in [0.29, 0.717) is 18.9 Å². The molecule has 0 atom stereocenters. The maximum atomic E-state index is 13.3. The van der Waals surface area contributed by atoms with Crippen molar-refractivity contribution in [3.63, 3.8) is 0 Å². The molecule has 1 N–H and O–H groups in total. The van der Waals surface area contributed by atoms with Gasteiger partial charge < -0.3 is 10.1 Å². The number of rotatable bonds is 8. The normalized spacial score (nSPS) is 11.2. The minimum Gasteiger partial charge on any atom is -0.464 e. The number of anilines is 1. The Kier molecular flexibility index (Phi) is 6.33. The van der Waals surface area contributed by atoms with E-state index in [4.69, 9.17) is 0 Å². The molecule has 1 heterocycles. The van der Waals surface area contributed by atoms with Gasteiger partial charge in [-0.05, 0) is 26.7 Å². The molecule has 1 aromatic heterocycles. The molecule has 1 rings (SSSR count). The average Bonchev–Trinajstić information content (AvgIpc) is 2.50. The zero-order valence-electron chi connectivity index (χ0n) is 13.6. The zero-order valence-corrected chi connectivity index (χ0v) is 13.6. The van der Waals surface area contributed by atoms with Crippen LogP contribution < -0.4 is 5.32 Å². The van der Waals surface area contributed by atoms with Gasteiger partial charge in [0.1, 0.15) is 5.82 Å². The summed E-state index contributed by atoms with van der Waals surface area (Å²) in [5.74, 6) is -1.36. The van der Waals surface area contributed by atoms with Crippen molar-refractivity contribution < 1.29 is 23.2 Å². The molecule has 24 heavy (non-hydrogen) atoms. The highest BCUT2D eigenvalue weighted by Crippen LogP contribution is 2.33. The number of carbonyl (C=O) groups excluding carboxylic acids is 1. The van der Waals surface area contributed by atoms with Crippen molar-refractivity contribution >= 4 is 17.5 Å². The second-order valence-electron chi connectivity index (χ2n) is 5.68. The average molecular weight is 343 g/mol. The van der Waals surface area contributed by atoms with Crippen LogP contribution in [-0.4, -0.2) is 28.5 Å². The number of hydrogen-bond donors (Lipinski definition) is 1. The first-order valence-electron chi connectivity index (χ1n) is 7.07. The highest BCUT2D eigenvalue weighted by molar-refractivity contribution is 5.92. The predicted molar refractivity (Wildman–Crippen MR) is 84.3 cm³/mol.